The molecule has 0 spiro atoms. The third-order valence-electron chi connectivity index (χ3n) is 2.87. The van der Waals surface area contributed by atoms with Crippen molar-refractivity contribution < 1.29 is 4.79 Å². The molecule has 0 radical (unpaired) electrons. The number of hydrogen-bond acceptors (Lipinski definition) is 2. The zero-order valence-corrected chi connectivity index (χ0v) is 8.74. The van der Waals surface area contributed by atoms with Crippen LogP contribution in [0.15, 0.2) is 11.6 Å². The van der Waals surface area contributed by atoms with Gasteiger partial charge in [0.2, 0.25) is 0 Å². The van der Waals surface area contributed by atoms with E-state index in [9.17, 15) is 4.79 Å². The molecule has 0 amide bonds. The highest BCUT2D eigenvalue weighted by molar-refractivity contribution is 8.00. The molecule has 1 fully saturated rings. The Labute approximate surface area is 84.0 Å². The number of carbonyl (C=O) groups excluding carboxylic acids is 1. The van der Waals surface area contributed by atoms with Gasteiger partial charge in [-0.3, -0.25) is 4.79 Å². The van der Waals surface area contributed by atoms with Gasteiger partial charge in [0, 0.05) is 17.4 Å². The van der Waals surface area contributed by atoms with Crippen LogP contribution in [0, 0.1) is 5.92 Å². The normalized spacial score (nSPS) is 24.5. The van der Waals surface area contributed by atoms with E-state index in [2.05, 4.69) is 6.08 Å². The summed E-state index contributed by atoms with van der Waals surface area (Å²) in [6.07, 6.45) is 8.15. The molecule has 2 heteroatoms. The Morgan fingerprint density at radius 2 is 2.15 bits per heavy atom. The molecular weight excluding hydrogens is 180 g/mol. The standard InChI is InChI=1S/C11H16OS/c12-11(10-7-13-8-10)9-5-3-1-2-4-6-9/h5,10H,1-4,6-8H2. The fraction of sp³-hybridized carbons (Fsp3) is 0.727. The van der Waals surface area contributed by atoms with Crippen LogP contribution in [0.1, 0.15) is 32.1 Å². The highest BCUT2D eigenvalue weighted by atomic mass is 32.2. The molecular formula is C11H16OS. The van der Waals surface area contributed by atoms with E-state index in [1.807, 2.05) is 11.8 Å². The minimum Gasteiger partial charge on any atom is -0.294 e. The Hall–Kier alpha value is -0.240. The first-order chi connectivity index (χ1) is 6.38. The minimum atomic E-state index is 0.370. The molecule has 2 rings (SSSR count). The van der Waals surface area contributed by atoms with Crippen molar-refractivity contribution in [1.29, 1.82) is 0 Å². The molecule has 13 heavy (non-hydrogen) atoms. The molecule has 72 valence electrons. The summed E-state index contributed by atoms with van der Waals surface area (Å²) in [5.74, 6) is 2.96. The van der Waals surface area contributed by atoms with Gasteiger partial charge in [-0.25, -0.2) is 0 Å². The predicted octanol–water partition coefficient (Wildman–Crippen LogP) is 2.81. The average Bonchev–Trinajstić information content (AvgIpc) is 2.27. The van der Waals surface area contributed by atoms with Gasteiger partial charge in [-0.05, 0) is 31.3 Å². The summed E-state index contributed by atoms with van der Waals surface area (Å²) in [6, 6.07) is 0. The predicted molar refractivity (Wildman–Crippen MR) is 57.0 cm³/mol. The van der Waals surface area contributed by atoms with E-state index in [1.165, 1.54) is 19.3 Å². The van der Waals surface area contributed by atoms with Crippen LogP contribution in [0.3, 0.4) is 0 Å². The van der Waals surface area contributed by atoms with Crippen molar-refractivity contribution in [3.05, 3.63) is 11.6 Å². The molecule has 0 aromatic rings. The number of hydrogen-bond donors (Lipinski definition) is 0. The molecule has 1 aliphatic heterocycles. The molecule has 0 saturated carbocycles. The smallest absolute Gasteiger partial charge is 0.163 e. The van der Waals surface area contributed by atoms with E-state index in [0.29, 0.717) is 11.7 Å². The second-order valence-corrected chi connectivity index (χ2v) is 5.00. The number of ketones is 1. The molecule has 1 saturated heterocycles. The first-order valence-electron chi connectivity index (χ1n) is 5.19. The summed E-state index contributed by atoms with van der Waals surface area (Å²) in [4.78, 5) is 11.9. The zero-order valence-electron chi connectivity index (χ0n) is 7.92. The van der Waals surface area contributed by atoms with Gasteiger partial charge in [-0.2, -0.15) is 11.8 Å². The molecule has 1 heterocycles. The zero-order chi connectivity index (χ0) is 9.10. The Morgan fingerprint density at radius 1 is 1.31 bits per heavy atom. The summed E-state index contributed by atoms with van der Waals surface area (Å²) >= 11 is 1.89. The maximum absolute atomic E-state index is 11.9. The van der Waals surface area contributed by atoms with Gasteiger partial charge >= 0.3 is 0 Å². The van der Waals surface area contributed by atoms with Crippen LogP contribution in [0.25, 0.3) is 0 Å². The lowest BCUT2D eigenvalue weighted by molar-refractivity contribution is -0.118. The van der Waals surface area contributed by atoms with Crippen molar-refractivity contribution in [2.45, 2.75) is 32.1 Å². The van der Waals surface area contributed by atoms with Crippen LogP contribution in [0.5, 0.6) is 0 Å². The van der Waals surface area contributed by atoms with E-state index >= 15 is 0 Å². The molecule has 0 aromatic carbocycles. The van der Waals surface area contributed by atoms with Crippen LogP contribution >= 0.6 is 11.8 Å². The maximum atomic E-state index is 11.9. The summed E-state index contributed by atoms with van der Waals surface area (Å²) in [6.45, 7) is 0. The van der Waals surface area contributed by atoms with Crippen molar-refractivity contribution in [3.8, 4) is 0 Å². The molecule has 0 aromatic heterocycles. The monoisotopic (exact) mass is 196 g/mol. The Bertz CT molecular complexity index is 228. The number of allylic oxidation sites excluding steroid dienone is 2. The fourth-order valence-electron chi connectivity index (χ4n) is 1.89. The molecule has 0 N–H and O–H groups in total. The Morgan fingerprint density at radius 3 is 2.85 bits per heavy atom. The largest absolute Gasteiger partial charge is 0.294 e. The van der Waals surface area contributed by atoms with E-state index in [-0.39, 0.29) is 0 Å². The molecule has 1 aliphatic carbocycles. The van der Waals surface area contributed by atoms with E-state index in [1.54, 1.807) is 0 Å². The van der Waals surface area contributed by atoms with E-state index in [4.69, 9.17) is 0 Å². The number of Topliss-reactive ketones (excluding diaryl/α,β-unsaturated/α-hetero) is 1. The third kappa shape index (κ3) is 2.16. The van der Waals surface area contributed by atoms with E-state index < -0.39 is 0 Å². The van der Waals surface area contributed by atoms with Gasteiger partial charge in [0.15, 0.2) is 5.78 Å². The van der Waals surface area contributed by atoms with E-state index in [0.717, 1.165) is 29.9 Å². The summed E-state index contributed by atoms with van der Waals surface area (Å²) in [5, 5.41) is 0. The van der Waals surface area contributed by atoms with Crippen molar-refractivity contribution in [1.82, 2.24) is 0 Å². The Balaban J connectivity index is 1.96. The van der Waals surface area contributed by atoms with Gasteiger partial charge in [0.1, 0.15) is 0 Å². The summed E-state index contributed by atoms with van der Waals surface area (Å²) in [7, 11) is 0. The SMILES string of the molecule is O=C(C1=CCCCCC1)C1CSC1. The van der Waals surface area contributed by atoms with Crippen LogP contribution in [-0.2, 0) is 4.79 Å². The lowest BCUT2D eigenvalue weighted by Crippen LogP contribution is -2.28. The number of carbonyl (C=O) groups is 1. The summed E-state index contributed by atoms with van der Waals surface area (Å²) in [5.41, 5.74) is 1.14. The molecule has 0 atom stereocenters. The van der Waals surface area contributed by atoms with Crippen molar-refractivity contribution in [3.63, 3.8) is 0 Å². The minimum absolute atomic E-state index is 0.370. The van der Waals surface area contributed by atoms with Crippen molar-refractivity contribution in [2.24, 2.45) is 5.92 Å². The van der Waals surface area contributed by atoms with Crippen molar-refractivity contribution in [2.75, 3.05) is 11.5 Å². The number of thioether (sulfide) groups is 1. The highest BCUT2D eigenvalue weighted by Crippen LogP contribution is 2.30. The Kier molecular flexibility index (Phi) is 3.09. The van der Waals surface area contributed by atoms with Gasteiger partial charge in [-0.15, -0.1) is 0 Å². The molecule has 1 nitrogen and oxygen atoms in total. The second kappa shape index (κ2) is 4.32. The highest BCUT2D eigenvalue weighted by Gasteiger charge is 2.28. The third-order valence-corrected chi connectivity index (χ3v) is 4.14. The van der Waals surface area contributed by atoms with Gasteiger partial charge in [0.25, 0.3) is 0 Å². The summed E-state index contributed by atoms with van der Waals surface area (Å²) < 4.78 is 0. The van der Waals surface area contributed by atoms with Crippen LogP contribution in [0.4, 0.5) is 0 Å². The van der Waals surface area contributed by atoms with Crippen molar-refractivity contribution >= 4 is 17.5 Å². The fourth-order valence-corrected chi connectivity index (χ4v) is 2.66. The van der Waals surface area contributed by atoms with Crippen LogP contribution in [-0.4, -0.2) is 17.3 Å². The lowest BCUT2D eigenvalue weighted by Gasteiger charge is -2.24. The first-order valence-corrected chi connectivity index (χ1v) is 6.34. The van der Waals surface area contributed by atoms with Crippen LogP contribution in [0.2, 0.25) is 0 Å². The van der Waals surface area contributed by atoms with Gasteiger partial charge in [0.05, 0.1) is 0 Å². The first kappa shape index (κ1) is 9.32. The van der Waals surface area contributed by atoms with Gasteiger partial charge < -0.3 is 0 Å². The maximum Gasteiger partial charge on any atom is 0.163 e. The quantitative estimate of drug-likeness (QED) is 0.675. The lowest BCUT2D eigenvalue weighted by atomic mass is 9.97. The number of rotatable bonds is 2. The van der Waals surface area contributed by atoms with Gasteiger partial charge in [-0.1, -0.05) is 12.5 Å². The molecule has 0 bridgehead atoms. The molecule has 2 aliphatic rings. The second-order valence-electron chi connectivity index (χ2n) is 3.93. The van der Waals surface area contributed by atoms with Crippen LogP contribution < -0.4 is 0 Å². The molecule has 0 unspecified atom stereocenters. The topological polar surface area (TPSA) is 17.1 Å². The average molecular weight is 196 g/mol.